The van der Waals surface area contributed by atoms with Crippen molar-refractivity contribution in [2.75, 3.05) is 0 Å². The number of rotatable bonds is 5. The minimum absolute atomic E-state index is 0.0164. The zero-order chi connectivity index (χ0) is 13.7. The highest BCUT2D eigenvalue weighted by atomic mass is 16.5. The highest BCUT2D eigenvalue weighted by Crippen LogP contribution is 2.19. The Morgan fingerprint density at radius 3 is 2.58 bits per heavy atom. The van der Waals surface area contributed by atoms with Crippen molar-refractivity contribution in [1.82, 2.24) is 4.98 Å². The summed E-state index contributed by atoms with van der Waals surface area (Å²) in [6.45, 7) is 4.00. The predicted molar refractivity (Wildman–Crippen MR) is 77.1 cm³/mol. The number of hydrogen-bond donors (Lipinski definition) is 1. The molecule has 0 radical (unpaired) electrons. The van der Waals surface area contributed by atoms with Crippen molar-refractivity contribution in [2.24, 2.45) is 5.73 Å². The van der Waals surface area contributed by atoms with Crippen molar-refractivity contribution in [2.45, 2.75) is 32.4 Å². The summed E-state index contributed by atoms with van der Waals surface area (Å²) < 4.78 is 5.64. The van der Waals surface area contributed by atoms with E-state index in [0.717, 1.165) is 23.3 Å². The van der Waals surface area contributed by atoms with Gasteiger partial charge in [0.25, 0.3) is 0 Å². The first-order valence-corrected chi connectivity index (χ1v) is 6.56. The minimum atomic E-state index is -0.0164. The molecule has 100 valence electrons. The molecule has 0 aliphatic carbocycles. The van der Waals surface area contributed by atoms with Crippen LogP contribution in [0.2, 0.25) is 0 Å². The zero-order valence-corrected chi connectivity index (χ0v) is 11.4. The van der Waals surface area contributed by atoms with Crippen molar-refractivity contribution in [3.05, 3.63) is 59.9 Å². The first kappa shape index (κ1) is 13.6. The van der Waals surface area contributed by atoms with Gasteiger partial charge in [0.15, 0.2) is 0 Å². The van der Waals surface area contributed by atoms with Gasteiger partial charge in [-0.05, 0) is 37.5 Å². The van der Waals surface area contributed by atoms with Crippen LogP contribution in [0.25, 0.3) is 0 Å². The fourth-order valence-electron chi connectivity index (χ4n) is 1.98. The molecule has 0 fully saturated rings. The average Bonchev–Trinajstić information content (AvgIpc) is 2.39. The largest absolute Gasteiger partial charge is 0.489 e. The number of benzene rings is 1. The van der Waals surface area contributed by atoms with Crippen LogP contribution in [0.3, 0.4) is 0 Å². The molecule has 2 rings (SSSR count). The van der Waals surface area contributed by atoms with E-state index in [1.165, 1.54) is 0 Å². The Balaban J connectivity index is 2.06. The van der Waals surface area contributed by atoms with Crippen molar-refractivity contribution in [3.8, 4) is 5.75 Å². The second kappa shape index (κ2) is 6.34. The first-order chi connectivity index (χ1) is 9.15. The average molecular weight is 256 g/mol. The second-order valence-corrected chi connectivity index (χ2v) is 4.92. The number of hydrogen-bond acceptors (Lipinski definition) is 3. The van der Waals surface area contributed by atoms with Gasteiger partial charge in [0, 0.05) is 12.2 Å². The number of nitrogens with two attached hydrogens (primary N) is 1. The highest BCUT2D eigenvalue weighted by molar-refractivity contribution is 5.27. The third-order valence-electron chi connectivity index (χ3n) is 2.82. The lowest BCUT2D eigenvalue weighted by molar-refractivity contribution is 0.241. The summed E-state index contributed by atoms with van der Waals surface area (Å²) in [7, 11) is 0. The summed E-state index contributed by atoms with van der Waals surface area (Å²) in [6, 6.07) is 12.1. The molecule has 3 nitrogen and oxygen atoms in total. The normalized spacial score (nSPS) is 12.4. The number of ether oxygens (including phenoxy) is 1. The van der Waals surface area contributed by atoms with Crippen molar-refractivity contribution >= 4 is 0 Å². The molecule has 0 bridgehead atoms. The maximum atomic E-state index is 6.21. The summed E-state index contributed by atoms with van der Waals surface area (Å²) in [4.78, 5) is 4.20. The maximum Gasteiger partial charge on any atom is 0.138 e. The summed E-state index contributed by atoms with van der Waals surface area (Å²) in [5.74, 6) is 0.799. The first-order valence-electron chi connectivity index (χ1n) is 6.56. The van der Waals surface area contributed by atoms with E-state index < -0.39 is 0 Å². The van der Waals surface area contributed by atoms with Gasteiger partial charge in [-0.25, -0.2) is 0 Å². The molecule has 0 amide bonds. The van der Waals surface area contributed by atoms with E-state index in [2.05, 4.69) is 4.98 Å². The van der Waals surface area contributed by atoms with Crippen LogP contribution >= 0.6 is 0 Å². The number of nitrogens with zero attached hydrogens (tertiary/aromatic N) is 1. The molecule has 2 aromatic rings. The van der Waals surface area contributed by atoms with Gasteiger partial charge in [0.1, 0.15) is 5.75 Å². The molecule has 1 aromatic heterocycles. The lowest BCUT2D eigenvalue weighted by Gasteiger charge is -2.14. The number of aromatic nitrogens is 1. The van der Waals surface area contributed by atoms with Gasteiger partial charge in [0.2, 0.25) is 0 Å². The van der Waals surface area contributed by atoms with Gasteiger partial charge < -0.3 is 10.5 Å². The molecule has 0 saturated heterocycles. The van der Waals surface area contributed by atoms with Crippen LogP contribution in [0, 0.1) is 0 Å². The summed E-state index contributed by atoms with van der Waals surface area (Å²) in [6.07, 6.45) is 4.49. The van der Waals surface area contributed by atoms with Crippen molar-refractivity contribution < 1.29 is 4.74 Å². The smallest absolute Gasteiger partial charge is 0.138 e. The SMILES string of the molecule is CC(C)Oc1cncc(CC(N)c2ccccc2)c1. The van der Waals surface area contributed by atoms with E-state index >= 15 is 0 Å². The molecule has 1 unspecified atom stereocenters. The maximum absolute atomic E-state index is 6.21. The molecule has 0 aliphatic heterocycles. The van der Waals surface area contributed by atoms with Crippen LogP contribution in [0.1, 0.15) is 31.0 Å². The van der Waals surface area contributed by atoms with E-state index in [0.29, 0.717) is 0 Å². The fraction of sp³-hybridized carbons (Fsp3) is 0.312. The van der Waals surface area contributed by atoms with E-state index in [4.69, 9.17) is 10.5 Å². The molecule has 3 heteroatoms. The van der Waals surface area contributed by atoms with Crippen LogP contribution < -0.4 is 10.5 Å². The molecule has 1 aromatic carbocycles. The van der Waals surface area contributed by atoms with Gasteiger partial charge in [-0.15, -0.1) is 0 Å². The van der Waals surface area contributed by atoms with Crippen LogP contribution in [0.15, 0.2) is 48.8 Å². The number of pyridine rings is 1. The van der Waals surface area contributed by atoms with Crippen molar-refractivity contribution in [3.63, 3.8) is 0 Å². The quantitative estimate of drug-likeness (QED) is 0.894. The zero-order valence-electron chi connectivity index (χ0n) is 11.4. The Bertz CT molecular complexity index is 511. The second-order valence-electron chi connectivity index (χ2n) is 4.92. The lowest BCUT2D eigenvalue weighted by Crippen LogP contribution is -2.13. The Hall–Kier alpha value is -1.87. The Morgan fingerprint density at radius 1 is 1.16 bits per heavy atom. The Labute approximate surface area is 114 Å². The predicted octanol–water partition coefficient (Wildman–Crippen LogP) is 3.11. The Morgan fingerprint density at radius 2 is 1.89 bits per heavy atom. The van der Waals surface area contributed by atoms with E-state index in [1.54, 1.807) is 6.20 Å². The molecule has 0 saturated carbocycles. The van der Waals surface area contributed by atoms with Crippen LogP contribution in [-0.4, -0.2) is 11.1 Å². The lowest BCUT2D eigenvalue weighted by atomic mass is 10.0. The van der Waals surface area contributed by atoms with Gasteiger partial charge in [-0.1, -0.05) is 30.3 Å². The molecule has 19 heavy (non-hydrogen) atoms. The third-order valence-corrected chi connectivity index (χ3v) is 2.82. The molecular weight excluding hydrogens is 236 g/mol. The molecular formula is C16H20N2O. The minimum Gasteiger partial charge on any atom is -0.489 e. The van der Waals surface area contributed by atoms with Gasteiger partial charge >= 0.3 is 0 Å². The molecule has 1 atom stereocenters. The molecule has 0 spiro atoms. The summed E-state index contributed by atoms with van der Waals surface area (Å²) in [5.41, 5.74) is 8.44. The van der Waals surface area contributed by atoms with Gasteiger partial charge in [0.05, 0.1) is 12.3 Å². The highest BCUT2D eigenvalue weighted by Gasteiger charge is 2.08. The van der Waals surface area contributed by atoms with Gasteiger partial charge in [-0.3, -0.25) is 4.98 Å². The monoisotopic (exact) mass is 256 g/mol. The van der Waals surface area contributed by atoms with Crippen molar-refractivity contribution in [1.29, 1.82) is 0 Å². The molecule has 1 heterocycles. The van der Waals surface area contributed by atoms with Gasteiger partial charge in [-0.2, -0.15) is 0 Å². The third kappa shape index (κ3) is 4.07. The van der Waals surface area contributed by atoms with Crippen LogP contribution in [0.5, 0.6) is 5.75 Å². The van der Waals surface area contributed by atoms with E-state index in [9.17, 15) is 0 Å². The Kier molecular flexibility index (Phi) is 4.53. The topological polar surface area (TPSA) is 48.1 Å². The molecule has 0 aliphatic rings. The molecule has 2 N–H and O–H groups in total. The summed E-state index contributed by atoms with van der Waals surface area (Å²) in [5, 5.41) is 0. The van der Waals surface area contributed by atoms with E-state index in [-0.39, 0.29) is 12.1 Å². The summed E-state index contributed by atoms with van der Waals surface area (Å²) >= 11 is 0. The van der Waals surface area contributed by atoms with E-state index in [1.807, 2.05) is 56.4 Å². The van der Waals surface area contributed by atoms with Crippen LogP contribution in [-0.2, 0) is 6.42 Å². The standard InChI is InChI=1S/C16H20N2O/c1-12(2)19-15-8-13(10-18-11-15)9-16(17)14-6-4-3-5-7-14/h3-8,10-12,16H,9,17H2,1-2H3. The fourth-order valence-corrected chi connectivity index (χ4v) is 1.98. The van der Waals surface area contributed by atoms with Crippen LogP contribution in [0.4, 0.5) is 0 Å².